The van der Waals surface area contributed by atoms with Crippen molar-refractivity contribution >= 4 is 11.9 Å². The van der Waals surface area contributed by atoms with Gasteiger partial charge in [0, 0.05) is 27.1 Å². The Hall–Kier alpha value is -0.452. The van der Waals surface area contributed by atoms with Crippen molar-refractivity contribution in [3.05, 3.63) is 5.84 Å². The van der Waals surface area contributed by atoms with Crippen LogP contribution in [-0.2, 0) is 30.7 Å². The van der Waals surface area contributed by atoms with E-state index in [-0.39, 0.29) is 27.5 Å². The summed E-state index contributed by atoms with van der Waals surface area (Å²) in [4.78, 5) is 21.2. The van der Waals surface area contributed by atoms with Gasteiger partial charge in [-0.2, -0.15) is 0 Å². The average molecular weight is 368 g/mol. The Morgan fingerprint density at radius 1 is 1.38 bits per heavy atom. The molecule has 1 aliphatic rings. The van der Waals surface area contributed by atoms with Crippen molar-refractivity contribution in [3.63, 3.8) is 0 Å². The molecule has 0 heterocycles. The summed E-state index contributed by atoms with van der Waals surface area (Å²) in [5.41, 5.74) is 0.167. The molecule has 1 fully saturated rings. The summed E-state index contributed by atoms with van der Waals surface area (Å²) in [7, 11) is 0. The second-order valence-corrected chi connectivity index (χ2v) is 2.82. The van der Waals surface area contributed by atoms with Crippen LogP contribution < -0.4 is 5.43 Å². The first-order valence-corrected chi connectivity index (χ1v) is 3.44. The van der Waals surface area contributed by atoms with Gasteiger partial charge >= 0.3 is 11.9 Å². The molecule has 7 heteroatoms. The van der Waals surface area contributed by atoms with Crippen LogP contribution in [0, 0.1) is 5.41 Å². The summed E-state index contributed by atoms with van der Waals surface area (Å²) in [6.45, 7) is 0. The molecule has 1 aliphatic carbocycles. The minimum atomic E-state index is -1.78. The molecule has 1 saturated carbocycles. The molecule has 0 radical (unpaired) electrons. The summed E-state index contributed by atoms with van der Waals surface area (Å²) in [5.74, 6) is 3.99. The zero-order valence-corrected chi connectivity index (χ0v) is 8.79. The van der Waals surface area contributed by atoms with Crippen LogP contribution in [0.1, 0.15) is 12.8 Å². The number of carboxylic acids is 2. The van der Waals surface area contributed by atoms with E-state index in [1.165, 1.54) is 0 Å². The second kappa shape index (κ2) is 4.17. The molecule has 13 heavy (non-hydrogen) atoms. The molecule has 1 rings (SSSR count). The van der Waals surface area contributed by atoms with Crippen molar-refractivity contribution in [2.45, 2.75) is 18.9 Å². The fraction of sp³-hybridized carbons (Fsp3) is 0.667. The quantitative estimate of drug-likeness (QED) is 0.474. The first-order valence-electron chi connectivity index (χ1n) is 3.44. The summed E-state index contributed by atoms with van der Waals surface area (Å²) >= 11 is 0. The minimum Gasteiger partial charge on any atom is -0.612 e. The molecular formula is C6H9N2O4Pt-. The zero-order chi connectivity index (χ0) is 9.35. The van der Waals surface area contributed by atoms with Crippen molar-refractivity contribution in [3.8, 4) is 0 Å². The Balaban J connectivity index is 0.00000144. The number of rotatable bonds is 3. The molecule has 78 valence electrons. The SMILES string of the molecule is [NH-]NC1CCC1(C(=O)O)C(=O)O.[Pt]. The maximum atomic E-state index is 10.6. The van der Waals surface area contributed by atoms with Gasteiger partial charge in [-0.1, -0.05) is 0 Å². The normalized spacial score (nSPS) is 23.9. The molecule has 1 atom stereocenters. The number of nitrogens with one attached hydrogen (secondary N) is 2. The van der Waals surface area contributed by atoms with E-state index in [1.54, 1.807) is 0 Å². The molecule has 0 amide bonds. The van der Waals surface area contributed by atoms with E-state index < -0.39 is 23.4 Å². The van der Waals surface area contributed by atoms with Gasteiger partial charge in [0.05, 0.1) is 0 Å². The number of aliphatic carboxylic acids is 2. The maximum absolute atomic E-state index is 10.6. The van der Waals surface area contributed by atoms with Gasteiger partial charge in [-0.25, -0.2) is 0 Å². The van der Waals surface area contributed by atoms with E-state index in [0.29, 0.717) is 6.42 Å². The van der Waals surface area contributed by atoms with Crippen LogP contribution in [0.25, 0.3) is 5.84 Å². The Morgan fingerprint density at radius 2 is 1.85 bits per heavy atom. The summed E-state index contributed by atoms with van der Waals surface area (Å²) in [6.07, 6.45) is 0.510. The summed E-state index contributed by atoms with van der Waals surface area (Å²) < 4.78 is 0. The van der Waals surface area contributed by atoms with E-state index >= 15 is 0 Å². The van der Waals surface area contributed by atoms with E-state index in [4.69, 9.17) is 16.1 Å². The number of hydrogen-bond donors (Lipinski definition) is 3. The van der Waals surface area contributed by atoms with Gasteiger partial charge in [0.25, 0.3) is 0 Å². The predicted octanol–water partition coefficient (Wildman–Crippen LogP) is -0.141. The van der Waals surface area contributed by atoms with Gasteiger partial charge in [-0.05, 0) is 12.8 Å². The smallest absolute Gasteiger partial charge is 0.322 e. The third kappa shape index (κ3) is 1.61. The van der Waals surface area contributed by atoms with Crippen molar-refractivity contribution in [2.75, 3.05) is 0 Å². The van der Waals surface area contributed by atoms with Crippen molar-refractivity contribution < 1.29 is 40.9 Å². The van der Waals surface area contributed by atoms with Crippen LogP contribution in [0.15, 0.2) is 0 Å². The molecule has 0 aliphatic heterocycles. The molecule has 0 spiro atoms. The van der Waals surface area contributed by atoms with Gasteiger partial charge in [0.1, 0.15) is 0 Å². The second-order valence-electron chi connectivity index (χ2n) is 2.82. The Morgan fingerprint density at radius 3 is 1.92 bits per heavy atom. The largest absolute Gasteiger partial charge is 0.612 e. The third-order valence-corrected chi connectivity index (χ3v) is 2.36. The third-order valence-electron chi connectivity index (χ3n) is 2.36. The number of carbonyl (C=O) groups is 2. The number of hydrogen-bond acceptors (Lipinski definition) is 3. The van der Waals surface area contributed by atoms with Crippen molar-refractivity contribution in [1.82, 2.24) is 5.43 Å². The van der Waals surface area contributed by atoms with Gasteiger partial charge in [-0.3, -0.25) is 9.59 Å². The molecule has 0 aromatic rings. The van der Waals surface area contributed by atoms with E-state index in [2.05, 4.69) is 0 Å². The van der Waals surface area contributed by atoms with E-state index in [9.17, 15) is 9.59 Å². The molecule has 1 unspecified atom stereocenters. The van der Waals surface area contributed by atoms with Gasteiger partial charge in [-0.15, -0.1) is 0 Å². The molecule has 0 saturated heterocycles. The molecule has 0 bridgehead atoms. The minimum absolute atomic E-state index is 0. The van der Waals surface area contributed by atoms with Crippen LogP contribution in [0.5, 0.6) is 0 Å². The fourth-order valence-electron chi connectivity index (χ4n) is 1.38. The van der Waals surface area contributed by atoms with Crippen LogP contribution >= 0.6 is 0 Å². The Bertz CT molecular complexity index is 217. The van der Waals surface area contributed by atoms with Crippen LogP contribution in [0.3, 0.4) is 0 Å². The number of carboxylic acid groups (broad SMARTS) is 2. The first kappa shape index (κ1) is 12.5. The van der Waals surface area contributed by atoms with Gasteiger partial charge < -0.3 is 21.5 Å². The van der Waals surface area contributed by atoms with Gasteiger partial charge in [0.15, 0.2) is 5.41 Å². The van der Waals surface area contributed by atoms with Crippen molar-refractivity contribution in [1.29, 1.82) is 0 Å². The molecule has 0 aromatic heterocycles. The van der Waals surface area contributed by atoms with Gasteiger partial charge in [0.2, 0.25) is 0 Å². The fourth-order valence-corrected chi connectivity index (χ4v) is 1.38. The summed E-state index contributed by atoms with van der Waals surface area (Å²) in [5, 5.41) is 17.3. The molecular weight excluding hydrogens is 359 g/mol. The first-order chi connectivity index (χ1) is 5.55. The van der Waals surface area contributed by atoms with Crippen LogP contribution in [-0.4, -0.2) is 28.2 Å². The standard InChI is InChI=1S/C6H9N2O4.Pt/c7-8-3-1-2-6(3,4(9)10)5(11)12;/h3,7-8H,1-2H2,(H,9,10)(H,11,12);/q-1;. The molecule has 0 aromatic carbocycles. The molecule has 4 N–H and O–H groups in total. The van der Waals surface area contributed by atoms with Crippen LogP contribution in [0.2, 0.25) is 0 Å². The Kier molecular flexibility index (Phi) is 4.03. The van der Waals surface area contributed by atoms with E-state index in [1.807, 2.05) is 5.43 Å². The molecule has 6 nitrogen and oxygen atoms in total. The topological polar surface area (TPSA) is 110 Å². The average Bonchev–Trinajstić information content (AvgIpc) is 1.84. The maximum Gasteiger partial charge on any atom is 0.322 e. The zero-order valence-electron chi connectivity index (χ0n) is 6.52. The monoisotopic (exact) mass is 368 g/mol. The van der Waals surface area contributed by atoms with Crippen molar-refractivity contribution in [2.24, 2.45) is 5.41 Å². The summed E-state index contributed by atoms with van der Waals surface area (Å²) in [6, 6.07) is -0.771. The predicted molar refractivity (Wildman–Crippen MR) is 38.2 cm³/mol. The van der Waals surface area contributed by atoms with E-state index in [0.717, 1.165) is 0 Å². The Labute approximate surface area is 88.7 Å². The van der Waals surface area contributed by atoms with Crippen LogP contribution in [0.4, 0.5) is 0 Å².